The molecule has 2 aromatic carbocycles. The third kappa shape index (κ3) is 4.46. The number of nitrogens with zero attached hydrogens (tertiary/aromatic N) is 2. The van der Waals surface area contributed by atoms with Gasteiger partial charge in [-0.25, -0.2) is 4.39 Å². The smallest absolute Gasteiger partial charge is 0.147 e. The fourth-order valence-electron chi connectivity index (χ4n) is 3.39. The summed E-state index contributed by atoms with van der Waals surface area (Å²) < 4.78 is 23.0. The van der Waals surface area contributed by atoms with Crippen molar-refractivity contribution in [3.05, 3.63) is 93.5 Å². The lowest BCUT2D eigenvalue weighted by molar-refractivity contribution is 0.308. The highest BCUT2D eigenvalue weighted by Gasteiger charge is 2.17. The number of pyridine rings is 1. The molecule has 2 heterocycles. The molecule has 0 aliphatic rings. The van der Waals surface area contributed by atoms with Crippen molar-refractivity contribution in [2.75, 3.05) is 0 Å². The molecule has 4 aromatic rings. The van der Waals surface area contributed by atoms with Crippen molar-refractivity contribution in [1.82, 2.24) is 9.55 Å². The van der Waals surface area contributed by atoms with E-state index in [0.29, 0.717) is 13.2 Å². The molecule has 2 aromatic heterocycles. The second kappa shape index (κ2) is 8.97. The SMILES string of the molecule is Cc1c(C)n(Cc2cccc(F)c2)c2c(OCc3ccc(Br)cc3)ccnc12.Cl. The number of fused-ring (bicyclic) bond motifs is 1. The maximum absolute atomic E-state index is 13.7. The van der Waals surface area contributed by atoms with Crippen LogP contribution < -0.4 is 4.74 Å². The van der Waals surface area contributed by atoms with E-state index in [-0.39, 0.29) is 18.2 Å². The molecule has 0 amide bonds. The van der Waals surface area contributed by atoms with Crippen LogP contribution in [0.25, 0.3) is 11.0 Å². The largest absolute Gasteiger partial charge is 0.487 e. The Bertz CT molecular complexity index is 1140. The topological polar surface area (TPSA) is 27.1 Å². The van der Waals surface area contributed by atoms with Gasteiger partial charge < -0.3 is 9.30 Å². The minimum absolute atomic E-state index is 0. The zero-order chi connectivity index (χ0) is 19.7. The van der Waals surface area contributed by atoms with Gasteiger partial charge in [0.2, 0.25) is 0 Å². The number of aromatic nitrogens is 2. The summed E-state index contributed by atoms with van der Waals surface area (Å²) in [6, 6.07) is 16.7. The van der Waals surface area contributed by atoms with E-state index in [0.717, 1.165) is 43.6 Å². The fourth-order valence-corrected chi connectivity index (χ4v) is 3.65. The minimum atomic E-state index is -0.229. The molecule has 3 nitrogen and oxygen atoms in total. The molecule has 4 rings (SSSR count). The Kier molecular flexibility index (Phi) is 6.60. The molecular formula is C23H21BrClFN2O. The number of aryl methyl sites for hydroxylation is 1. The van der Waals surface area contributed by atoms with Crippen LogP contribution in [0.4, 0.5) is 4.39 Å². The van der Waals surface area contributed by atoms with E-state index in [4.69, 9.17) is 4.74 Å². The second-order valence-corrected chi connectivity index (χ2v) is 7.76. The molecule has 0 N–H and O–H groups in total. The number of hydrogen-bond acceptors (Lipinski definition) is 2. The number of ether oxygens (including phenoxy) is 1. The van der Waals surface area contributed by atoms with Gasteiger partial charge in [0.15, 0.2) is 0 Å². The van der Waals surface area contributed by atoms with Crippen LogP contribution in [0.15, 0.2) is 65.3 Å². The molecule has 0 bridgehead atoms. The first-order valence-electron chi connectivity index (χ1n) is 9.09. The van der Waals surface area contributed by atoms with Gasteiger partial charge >= 0.3 is 0 Å². The van der Waals surface area contributed by atoms with E-state index in [1.54, 1.807) is 18.3 Å². The quantitative estimate of drug-likeness (QED) is 0.325. The van der Waals surface area contributed by atoms with Crippen LogP contribution >= 0.6 is 28.3 Å². The predicted octanol–water partition coefficient (Wildman–Crippen LogP) is 6.60. The van der Waals surface area contributed by atoms with Gasteiger partial charge in [-0.2, -0.15) is 0 Å². The summed E-state index contributed by atoms with van der Waals surface area (Å²) in [5.41, 5.74) is 6.07. The summed E-state index contributed by atoms with van der Waals surface area (Å²) in [5.74, 6) is 0.550. The van der Waals surface area contributed by atoms with Crippen LogP contribution in [0.2, 0.25) is 0 Å². The predicted molar refractivity (Wildman–Crippen MR) is 120 cm³/mol. The number of rotatable bonds is 5. The maximum Gasteiger partial charge on any atom is 0.147 e. The van der Waals surface area contributed by atoms with Crippen molar-refractivity contribution in [1.29, 1.82) is 0 Å². The van der Waals surface area contributed by atoms with Gasteiger partial charge in [-0.15, -0.1) is 12.4 Å². The van der Waals surface area contributed by atoms with Gasteiger partial charge in [0.05, 0.1) is 5.52 Å². The van der Waals surface area contributed by atoms with Crippen molar-refractivity contribution >= 4 is 39.4 Å². The van der Waals surface area contributed by atoms with Crippen LogP contribution in [0.5, 0.6) is 5.75 Å². The lowest BCUT2D eigenvalue weighted by Gasteiger charge is -2.13. The second-order valence-electron chi connectivity index (χ2n) is 6.85. The van der Waals surface area contributed by atoms with Crippen molar-refractivity contribution in [3.63, 3.8) is 0 Å². The average Bonchev–Trinajstić information content (AvgIpc) is 2.93. The summed E-state index contributed by atoms with van der Waals surface area (Å²) in [5, 5.41) is 0. The number of benzene rings is 2. The monoisotopic (exact) mass is 474 g/mol. The summed E-state index contributed by atoms with van der Waals surface area (Å²) >= 11 is 3.45. The highest BCUT2D eigenvalue weighted by Crippen LogP contribution is 2.32. The lowest BCUT2D eigenvalue weighted by Crippen LogP contribution is -2.04. The van der Waals surface area contributed by atoms with Crippen molar-refractivity contribution in [2.45, 2.75) is 27.0 Å². The van der Waals surface area contributed by atoms with Gasteiger partial charge in [0, 0.05) is 29.0 Å². The van der Waals surface area contributed by atoms with Gasteiger partial charge in [-0.05, 0) is 54.8 Å². The zero-order valence-electron chi connectivity index (χ0n) is 16.2. The Morgan fingerprint density at radius 1 is 1.03 bits per heavy atom. The first-order chi connectivity index (χ1) is 13.5. The summed E-state index contributed by atoms with van der Waals surface area (Å²) in [6.45, 7) is 5.16. The summed E-state index contributed by atoms with van der Waals surface area (Å²) in [7, 11) is 0. The summed E-state index contributed by atoms with van der Waals surface area (Å²) in [6.07, 6.45) is 1.78. The van der Waals surface area contributed by atoms with Gasteiger partial charge in [-0.3, -0.25) is 4.98 Å². The summed E-state index contributed by atoms with van der Waals surface area (Å²) in [4.78, 5) is 4.57. The fraction of sp³-hybridized carbons (Fsp3) is 0.174. The van der Waals surface area contributed by atoms with Crippen LogP contribution in [-0.4, -0.2) is 9.55 Å². The molecule has 0 unspecified atom stereocenters. The molecule has 29 heavy (non-hydrogen) atoms. The Hall–Kier alpha value is -2.37. The molecule has 0 atom stereocenters. The molecule has 6 heteroatoms. The third-order valence-corrected chi connectivity index (χ3v) is 5.53. The van der Waals surface area contributed by atoms with Crippen molar-refractivity contribution < 1.29 is 9.13 Å². The molecule has 150 valence electrons. The molecule has 0 saturated carbocycles. The van der Waals surface area contributed by atoms with E-state index in [9.17, 15) is 4.39 Å². The average molecular weight is 476 g/mol. The van der Waals surface area contributed by atoms with E-state index < -0.39 is 0 Å². The van der Waals surface area contributed by atoms with Gasteiger partial charge in [-0.1, -0.05) is 40.2 Å². The van der Waals surface area contributed by atoms with Crippen LogP contribution in [-0.2, 0) is 13.2 Å². The number of halogens is 3. The first-order valence-corrected chi connectivity index (χ1v) is 9.88. The maximum atomic E-state index is 13.7. The van der Waals surface area contributed by atoms with E-state index in [2.05, 4.69) is 39.3 Å². The number of hydrogen-bond donors (Lipinski definition) is 0. The Balaban J connectivity index is 0.00000240. The highest BCUT2D eigenvalue weighted by molar-refractivity contribution is 9.10. The molecule has 0 fully saturated rings. The lowest BCUT2D eigenvalue weighted by atomic mass is 10.2. The van der Waals surface area contributed by atoms with Gasteiger partial charge in [0.25, 0.3) is 0 Å². The Morgan fingerprint density at radius 3 is 2.52 bits per heavy atom. The molecule has 0 aliphatic carbocycles. The highest BCUT2D eigenvalue weighted by atomic mass is 79.9. The van der Waals surface area contributed by atoms with Crippen LogP contribution in [0, 0.1) is 19.7 Å². The molecule has 0 radical (unpaired) electrons. The van der Waals surface area contributed by atoms with E-state index >= 15 is 0 Å². The van der Waals surface area contributed by atoms with Crippen LogP contribution in [0.3, 0.4) is 0 Å². The van der Waals surface area contributed by atoms with Crippen molar-refractivity contribution in [2.24, 2.45) is 0 Å². The van der Waals surface area contributed by atoms with Gasteiger partial charge in [0.1, 0.15) is 23.7 Å². The molecule has 0 saturated heterocycles. The van der Waals surface area contributed by atoms with Crippen LogP contribution in [0.1, 0.15) is 22.4 Å². The third-order valence-electron chi connectivity index (χ3n) is 5.00. The Morgan fingerprint density at radius 2 is 1.79 bits per heavy atom. The molecule has 0 spiro atoms. The normalized spacial score (nSPS) is 10.8. The minimum Gasteiger partial charge on any atom is -0.487 e. The van der Waals surface area contributed by atoms with Crippen molar-refractivity contribution in [3.8, 4) is 5.75 Å². The van der Waals surface area contributed by atoms with E-state index in [1.807, 2.05) is 36.4 Å². The first kappa shape index (κ1) is 21.3. The zero-order valence-corrected chi connectivity index (χ0v) is 18.6. The standard InChI is InChI=1S/C23H20BrFN2O.ClH/c1-15-16(2)27(13-18-4-3-5-20(25)12-18)23-21(10-11-26-22(15)23)28-14-17-6-8-19(24)9-7-17;/h3-12H,13-14H2,1-2H3;1H. The molecule has 0 aliphatic heterocycles. The molecular weight excluding hydrogens is 455 g/mol. The Labute approximate surface area is 184 Å². The van der Waals surface area contributed by atoms with E-state index in [1.165, 1.54) is 6.07 Å².